The monoisotopic (exact) mass is 446 g/mol. The fraction of sp³-hybridized carbons (Fsp3) is 0.179. The van der Waals surface area contributed by atoms with Crippen LogP contribution in [0.3, 0.4) is 0 Å². The summed E-state index contributed by atoms with van der Waals surface area (Å²) in [5, 5.41) is 10.1. The summed E-state index contributed by atoms with van der Waals surface area (Å²) in [6.45, 7) is 1.91. The molecular weight excluding hydrogens is 423 g/mol. The molecular formula is C28H24ClFO2. The highest BCUT2D eigenvalue weighted by Crippen LogP contribution is 2.43. The summed E-state index contributed by atoms with van der Waals surface area (Å²) in [6, 6.07) is 21.0. The Hall–Kier alpha value is -3.17. The topological polar surface area (TPSA) is 37.3 Å². The molecule has 0 spiro atoms. The van der Waals surface area contributed by atoms with Crippen LogP contribution in [0.15, 0.2) is 72.3 Å². The summed E-state index contributed by atoms with van der Waals surface area (Å²) in [5.74, 6) is -1.28. The minimum Gasteiger partial charge on any atom is -0.481 e. The van der Waals surface area contributed by atoms with Crippen LogP contribution in [-0.2, 0) is 17.6 Å². The highest BCUT2D eigenvalue weighted by atomic mass is 35.5. The summed E-state index contributed by atoms with van der Waals surface area (Å²) < 4.78 is 13.8. The number of carboxylic acid groups (broad SMARTS) is 1. The van der Waals surface area contributed by atoms with Gasteiger partial charge in [0.2, 0.25) is 0 Å². The van der Waals surface area contributed by atoms with Gasteiger partial charge in [-0.15, -0.1) is 0 Å². The van der Waals surface area contributed by atoms with Gasteiger partial charge in [-0.2, -0.15) is 0 Å². The lowest BCUT2D eigenvalue weighted by Crippen LogP contribution is -1.97. The van der Waals surface area contributed by atoms with Crippen LogP contribution in [0.1, 0.15) is 47.6 Å². The van der Waals surface area contributed by atoms with Crippen LogP contribution in [0.25, 0.3) is 17.2 Å². The Bertz CT molecular complexity index is 1210. The van der Waals surface area contributed by atoms with Crippen molar-refractivity contribution in [3.8, 4) is 0 Å². The van der Waals surface area contributed by atoms with E-state index in [9.17, 15) is 14.3 Å². The zero-order chi connectivity index (χ0) is 22.7. The Kier molecular flexibility index (Phi) is 6.57. The summed E-state index contributed by atoms with van der Waals surface area (Å²) in [6.07, 6.45) is 4.99. The number of allylic oxidation sites excluding steroid dienone is 2. The molecule has 0 heterocycles. The van der Waals surface area contributed by atoms with Gasteiger partial charge >= 0.3 is 5.97 Å². The average Bonchev–Trinajstić information content (AvgIpc) is 3.01. The van der Waals surface area contributed by atoms with Crippen LogP contribution in [0.4, 0.5) is 4.39 Å². The number of aliphatic carboxylic acids is 1. The van der Waals surface area contributed by atoms with E-state index in [-0.39, 0.29) is 12.2 Å². The zero-order valence-electron chi connectivity index (χ0n) is 17.9. The third-order valence-electron chi connectivity index (χ3n) is 5.92. The molecule has 2 nitrogen and oxygen atoms in total. The van der Waals surface area contributed by atoms with Crippen LogP contribution < -0.4 is 0 Å². The molecule has 1 aliphatic carbocycles. The van der Waals surface area contributed by atoms with E-state index < -0.39 is 5.97 Å². The van der Waals surface area contributed by atoms with Crippen molar-refractivity contribution in [2.75, 3.05) is 0 Å². The van der Waals surface area contributed by atoms with Gasteiger partial charge in [0.25, 0.3) is 0 Å². The standard InChI is InChI=1S/C28H24ClFO2/c1-18-25(24-14-13-23(30)16-27(24)26(18)17-28(31)32)15-21-7-5-19(6-8-21)3-2-4-20-9-11-22(29)12-10-20/h5-16H,2-4,17H2,1H3,(H,31,32)/b25-15-. The molecule has 0 aliphatic heterocycles. The van der Waals surface area contributed by atoms with E-state index in [1.807, 2.05) is 19.1 Å². The second kappa shape index (κ2) is 9.54. The molecule has 0 saturated heterocycles. The minimum absolute atomic E-state index is 0.119. The van der Waals surface area contributed by atoms with Crippen molar-refractivity contribution in [1.82, 2.24) is 0 Å². The van der Waals surface area contributed by atoms with Gasteiger partial charge in [0.15, 0.2) is 0 Å². The van der Waals surface area contributed by atoms with E-state index in [1.54, 1.807) is 6.07 Å². The number of fused-ring (bicyclic) bond motifs is 1. The molecule has 0 fully saturated rings. The molecule has 0 atom stereocenters. The highest BCUT2D eigenvalue weighted by Gasteiger charge is 2.25. The lowest BCUT2D eigenvalue weighted by atomic mass is 9.99. The van der Waals surface area contributed by atoms with Crippen LogP contribution in [0.2, 0.25) is 5.02 Å². The van der Waals surface area contributed by atoms with E-state index in [2.05, 4.69) is 42.5 Å². The first-order valence-corrected chi connectivity index (χ1v) is 11.1. The maximum Gasteiger partial charge on any atom is 0.307 e. The molecule has 0 bridgehead atoms. The number of hydrogen-bond acceptors (Lipinski definition) is 1. The van der Waals surface area contributed by atoms with Gasteiger partial charge < -0.3 is 5.11 Å². The molecule has 0 radical (unpaired) electrons. The Labute approximate surface area is 192 Å². The number of carboxylic acids is 1. The summed E-state index contributed by atoms with van der Waals surface area (Å²) in [7, 11) is 0. The first-order chi connectivity index (χ1) is 15.4. The molecule has 4 rings (SSSR count). The minimum atomic E-state index is -0.918. The summed E-state index contributed by atoms with van der Waals surface area (Å²) in [5.41, 5.74) is 7.67. The van der Waals surface area contributed by atoms with Gasteiger partial charge in [0.1, 0.15) is 5.82 Å². The second-order valence-electron chi connectivity index (χ2n) is 8.14. The summed E-state index contributed by atoms with van der Waals surface area (Å²) in [4.78, 5) is 11.3. The van der Waals surface area contributed by atoms with Crippen molar-refractivity contribution in [3.05, 3.63) is 111 Å². The normalized spacial score (nSPS) is 14.2. The van der Waals surface area contributed by atoms with Crippen LogP contribution in [-0.4, -0.2) is 11.1 Å². The van der Waals surface area contributed by atoms with Crippen LogP contribution >= 0.6 is 11.6 Å². The van der Waals surface area contributed by atoms with Crippen molar-refractivity contribution in [3.63, 3.8) is 0 Å². The largest absolute Gasteiger partial charge is 0.481 e. The number of carbonyl (C=O) groups is 1. The fourth-order valence-corrected chi connectivity index (χ4v) is 4.35. The fourth-order valence-electron chi connectivity index (χ4n) is 4.23. The highest BCUT2D eigenvalue weighted by molar-refractivity contribution is 6.30. The molecule has 3 aromatic carbocycles. The van der Waals surface area contributed by atoms with Gasteiger partial charge in [-0.1, -0.05) is 54.1 Å². The van der Waals surface area contributed by atoms with Crippen LogP contribution in [0.5, 0.6) is 0 Å². The zero-order valence-corrected chi connectivity index (χ0v) is 18.6. The molecule has 0 unspecified atom stereocenters. The van der Waals surface area contributed by atoms with Gasteiger partial charge in [0, 0.05) is 5.02 Å². The maximum atomic E-state index is 13.8. The number of halogens is 2. The first-order valence-electron chi connectivity index (χ1n) is 10.7. The predicted octanol–water partition coefficient (Wildman–Crippen LogP) is 7.46. The van der Waals surface area contributed by atoms with Gasteiger partial charge in [-0.05, 0) is 101 Å². The third kappa shape index (κ3) is 5.00. The molecule has 3 aromatic rings. The predicted molar refractivity (Wildman–Crippen MR) is 129 cm³/mol. The molecule has 1 N–H and O–H groups in total. The average molecular weight is 447 g/mol. The lowest BCUT2D eigenvalue weighted by molar-refractivity contribution is -0.135. The van der Waals surface area contributed by atoms with E-state index in [0.717, 1.165) is 46.6 Å². The SMILES string of the molecule is CC1=C(CC(=O)O)c2cc(F)ccc2/C1=C\c1ccc(CCCc2ccc(Cl)cc2)cc1. The van der Waals surface area contributed by atoms with E-state index >= 15 is 0 Å². The Morgan fingerprint density at radius 1 is 0.938 bits per heavy atom. The summed E-state index contributed by atoms with van der Waals surface area (Å²) >= 11 is 5.94. The van der Waals surface area contributed by atoms with Crippen molar-refractivity contribution in [1.29, 1.82) is 0 Å². The Morgan fingerprint density at radius 3 is 2.19 bits per heavy atom. The number of aryl methyl sites for hydroxylation is 2. The number of rotatable bonds is 7. The van der Waals surface area contributed by atoms with Crippen molar-refractivity contribution in [2.45, 2.75) is 32.6 Å². The van der Waals surface area contributed by atoms with E-state index in [4.69, 9.17) is 11.6 Å². The number of hydrogen-bond donors (Lipinski definition) is 1. The molecule has 4 heteroatoms. The molecule has 162 valence electrons. The molecule has 0 aromatic heterocycles. The van der Waals surface area contributed by atoms with Gasteiger partial charge in [-0.25, -0.2) is 4.39 Å². The van der Waals surface area contributed by atoms with Gasteiger partial charge in [0.05, 0.1) is 6.42 Å². The quantitative estimate of drug-likeness (QED) is 0.409. The second-order valence-corrected chi connectivity index (χ2v) is 8.58. The lowest BCUT2D eigenvalue weighted by Gasteiger charge is -2.06. The molecule has 32 heavy (non-hydrogen) atoms. The third-order valence-corrected chi connectivity index (χ3v) is 6.17. The van der Waals surface area contributed by atoms with Crippen molar-refractivity contribution >= 4 is 34.8 Å². The maximum absolute atomic E-state index is 13.8. The Morgan fingerprint density at radius 2 is 1.56 bits per heavy atom. The molecule has 0 amide bonds. The molecule has 0 saturated carbocycles. The Balaban J connectivity index is 1.50. The van der Waals surface area contributed by atoms with E-state index in [0.29, 0.717) is 11.1 Å². The van der Waals surface area contributed by atoms with E-state index in [1.165, 1.54) is 23.3 Å². The van der Waals surface area contributed by atoms with Crippen LogP contribution in [0, 0.1) is 5.82 Å². The number of benzene rings is 3. The van der Waals surface area contributed by atoms with Gasteiger partial charge in [-0.3, -0.25) is 4.79 Å². The molecule has 1 aliphatic rings. The smallest absolute Gasteiger partial charge is 0.307 e. The first kappa shape index (κ1) is 22.0. The van der Waals surface area contributed by atoms with Crippen molar-refractivity contribution in [2.24, 2.45) is 0 Å². The van der Waals surface area contributed by atoms with Crippen molar-refractivity contribution < 1.29 is 14.3 Å².